The summed E-state index contributed by atoms with van der Waals surface area (Å²) in [7, 11) is 0. The summed E-state index contributed by atoms with van der Waals surface area (Å²) >= 11 is 0. The molecule has 2 aliphatic rings. The molecule has 0 unspecified atom stereocenters. The smallest absolute Gasteiger partial charge is 0.234 e. The van der Waals surface area contributed by atoms with Gasteiger partial charge >= 0.3 is 0 Å². The summed E-state index contributed by atoms with van der Waals surface area (Å²) in [4.78, 5) is 12.1. The Hall–Kier alpha value is -0.610. The van der Waals surface area contributed by atoms with Crippen LogP contribution >= 0.6 is 0 Å². The molecule has 1 saturated heterocycles. The minimum absolute atomic E-state index is 0.0819. The molecule has 1 saturated carbocycles. The summed E-state index contributed by atoms with van der Waals surface area (Å²) in [6.07, 6.45) is 7.03. The molecule has 1 aliphatic heterocycles. The molecule has 0 radical (unpaired) electrons. The molecule has 0 bridgehead atoms. The summed E-state index contributed by atoms with van der Waals surface area (Å²) in [6.45, 7) is 9.32. The van der Waals surface area contributed by atoms with Crippen LogP contribution in [0.5, 0.6) is 0 Å². The summed E-state index contributed by atoms with van der Waals surface area (Å²) < 4.78 is 0. The van der Waals surface area contributed by atoms with Crippen LogP contribution in [0.3, 0.4) is 0 Å². The number of hydrogen-bond donors (Lipinski definition) is 3. The Balaban J connectivity index is 1.78. The molecule has 1 heterocycles. The lowest BCUT2D eigenvalue weighted by atomic mass is 9.79. The molecule has 0 atom stereocenters. The van der Waals surface area contributed by atoms with Crippen LogP contribution in [0.25, 0.3) is 0 Å². The molecule has 1 aliphatic carbocycles. The first-order chi connectivity index (χ1) is 9.26. The number of amides is 1. The normalized spacial score (nSPS) is 26.6. The Kier molecular flexibility index (Phi) is 4.75. The second kappa shape index (κ2) is 6.02. The standard InChI is InChI=1S/C16H31N3O/c1-15(2)9-13(10-16(3,4)19-15)18-14(20)11-17-12-7-5-6-8-12/h12-13,17,19H,5-11H2,1-4H3,(H,18,20). The van der Waals surface area contributed by atoms with Gasteiger partial charge in [-0.15, -0.1) is 0 Å². The van der Waals surface area contributed by atoms with Gasteiger partial charge in [0.2, 0.25) is 5.91 Å². The molecular formula is C16H31N3O. The van der Waals surface area contributed by atoms with E-state index in [4.69, 9.17) is 0 Å². The van der Waals surface area contributed by atoms with Crippen molar-refractivity contribution in [1.29, 1.82) is 0 Å². The quantitative estimate of drug-likeness (QED) is 0.738. The van der Waals surface area contributed by atoms with Crippen LogP contribution in [0.2, 0.25) is 0 Å². The molecule has 116 valence electrons. The first-order valence-corrected chi connectivity index (χ1v) is 8.08. The Morgan fingerprint density at radius 3 is 2.15 bits per heavy atom. The largest absolute Gasteiger partial charge is 0.352 e. The highest BCUT2D eigenvalue weighted by Gasteiger charge is 2.38. The van der Waals surface area contributed by atoms with Crippen molar-refractivity contribution in [3.05, 3.63) is 0 Å². The van der Waals surface area contributed by atoms with Gasteiger partial charge in [0, 0.05) is 23.2 Å². The Morgan fingerprint density at radius 2 is 1.60 bits per heavy atom. The first kappa shape index (κ1) is 15.8. The van der Waals surface area contributed by atoms with Crippen molar-refractivity contribution in [2.75, 3.05) is 6.54 Å². The van der Waals surface area contributed by atoms with Crippen molar-refractivity contribution in [1.82, 2.24) is 16.0 Å². The van der Waals surface area contributed by atoms with Gasteiger partial charge in [-0.3, -0.25) is 4.79 Å². The second-order valence-corrected chi connectivity index (χ2v) is 7.93. The molecule has 4 nitrogen and oxygen atoms in total. The highest BCUT2D eigenvalue weighted by atomic mass is 16.2. The average Bonchev–Trinajstić information content (AvgIpc) is 2.74. The van der Waals surface area contributed by atoms with Gasteiger partial charge in [0.1, 0.15) is 0 Å². The maximum Gasteiger partial charge on any atom is 0.234 e. The van der Waals surface area contributed by atoms with Gasteiger partial charge in [0.15, 0.2) is 0 Å². The van der Waals surface area contributed by atoms with Gasteiger partial charge in [-0.05, 0) is 53.4 Å². The lowest BCUT2D eigenvalue weighted by molar-refractivity contribution is -0.121. The van der Waals surface area contributed by atoms with E-state index in [-0.39, 0.29) is 23.0 Å². The topological polar surface area (TPSA) is 53.2 Å². The van der Waals surface area contributed by atoms with Crippen molar-refractivity contribution in [2.24, 2.45) is 0 Å². The van der Waals surface area contributed by atoms with Crippen LogP contribution in [0, 0.1) is 0 Å². The predicted octanol–water partition coefficient (Wildman–Crippen LogP) is 1.94. The number of nitrogens with one attached hydrogen (secondary N) is 3. The zero-order valence-electron chi connectivity index (χ0n) is 13.5. The summed E-state index contributed by atoms with van der Waals surface area (Å²) in [6, 6.07) is 0.834. The molecule has 3 N–H and O–H groups in total. The fraction of sp³-hybridized carbons (Fsp3) is 0.938. The summed E-state index contributed by atoms with van der Waals surface area (Å²) in [5.74, 6) is 0.149. The van der Waals surface area contributed by atoms with Crippen LogP contribution in [0.15, 0.2) is 0 Å². The van der Waals surface area contributed by atoms with E-state index in [1.54, 1.807) is 0 Å². The number of carbonyl (C=O) groups is 1. The maximum absolute atomic E-state index is 12.1. The lowest BCUT2D eigenvalue weighted by Gasteiger charge is -2.46. The van der Waals surface area contributed by atoms with E-state index in [0.717, 1.165) is 12.8 Å². The third-order valence-corrected chi connectivity index (χ3v) is 4.46. The van der Waals surface area contributed by atoms with Crippen LogP contribution in [0.4, 0.5) is 0 Å². The third kappa shape index (κ3) is 4.74. The monoisotopic (exact) mass is 281 g/mol. The molecule has 0 aromatic carbocycles. The van der Waals surface area contributed by atoms with E-state index in [2.05, 4.69) is 43.6 Å². The Bertz CT molecular complexity index is 330. The zero-order chi connectivity index (χ0) is 14.8. The first-order valence-electron chi connectivity index (χ1n) is 8.08. The van der Waals surface area contributed by atoms with Crippen molar-refractivity contribution in [3.63, 3.8) is 0 Å². The van der Waals surface area contributed by atoms with Gasteiger partial charge in [0.25, 0.3) is 0 Å². The molecule has 20 heavy (non-hydrogen) atoms. The van der Waals surface area contributed by atoms with Gasteiger partial charge in [-0.1, -0.05) is 12.8 Å². The highest BCUT2D eigenvalue weighted by molar-refractivity contribution is 5.78. The fourth-order valence-corrected chi connectivity index (χ4v) is 4.07. The molecule has 2 fully saturated rings. The number of piperidine rings is 1. The lowest BCUT2D eigenvalue weighted by Crippen LogP contribution is -2.62. The van der Waals surface area contributed by atoms with Gasteiger partial charge < -0.3 is 16.0 Å². The second-order valence-electron chi connectivity index (χ2n) is 7.93. The van der Waals surface area contributed by atoms with E-state index >= 15 is 0 Å². The molecule has 0 aromatic rings. The molecule has 0 spiro atoms. The maximum atomic E-state index is 12.1. The third-order valence-electron chi connectivity index (χ3n) is 4.46. The zero-order valence-corrected chi connectivity index (χ0v) is 13.5. The minimum atomic E-state index is 0.0819. The molecule has 0 aromatic heterocycles. The highest BCUT2D eigenvalue weighted by Crippen LogP contribution is 2.28. The van der Waals surface area contributed by atoms with Crippen molar-refractivity contribution < 1.29 is 4.79 Å². The van der Waals surface area contributed by atoms with Crippen molar-refractivity contribution in [2.45, 2.75) is 89.4 Å². The van der Waals surface area contributed by atoms with Gasteiger partial charge in [0.05, 0.1) is 6.54 Å². The summed E-state index contributed by atoms with van der Waals surface area (Å²) in [5, 5.41) is 10.2. The molecular weight excluding hydrogens is 250 g/mol. The van der Waals surface area contributed by atoms with Crippen LogP contribution in [-0.2, 0) is 4.79 Å². The van der Waals surface area contributed by atoms with E-state index in [9.17, 15) is 4.79 Å². The molecule has 4 heteroatoms. The molecule has 1 amide bonds. The van der Waals surface area contributed by atoms with Crippen LogP contribution in [0.1, 0.15) is 66.2 Å². The predicted molar refractivity (Wildman–Crippen MR) is 82.7 cm³/mol. The van der Waals surface area contributed by atoms with Crippen LogP contribution < -0.4 is 16.0 Å². The van der Waals surface area contributed by atoms with E-state index < -0.39 is 0 Å². The summed E-state index contributed by atoms with van der Waals surface area (Å²) in [5.41, 5.74) is 0.164. The van der Waals surface area contributed by atoms with Gasteiger partial charge in [-0.2, -0.15) is 0 Å². The van der Waals surface area contributed by atoms with Gasteiger partial charge in [-0.25, -0.2) is 0 Å². The minimum Gasteiger partial charge on any atom is -0.352 e. The molecule has 2 rings (SSSR count). The fourth-order valence-electron chi connectivity index (χ4n) is 4.07. The van der Waals surface area contributed by atoms with E-state index in [1.165, 1.54) is 25.7 Å². The average molecular weight is 281 g/mol. The number of carbonyl (C=O) groups excluding carboxylic acids is 1. The van der Waals surface area contributed by atoms with Crippen molar-refractivity contribution in [3.8, 4) is 0 Å². The van der Waals surface area contributed by atoms with E-state index in [1.807, 2.05) is 0 Å². The number of hydrogen-bond acceptors (Lipinski definition) is 3. The van der Waals surface area contributed by atoms with Crippen LogP contribution in [-0.4, -0.2) is 35.6 Å². The Morgan fingerprint density at radius 1 is 1.05 bits per heavy atom. The SMILES string of the molecule is CC1(C)CC(NC(=O)CNC2CCCC2)CC(C)(C)N1. The van der Waals surface area contributed by atoms with Crippen molar-refractivity contribution >= 4 is 5.91 Å². The number of rotatable bonds is 4. The van der Waals surface area contributed by atoms with E-state index in [0.29, 0.717) is 12.6 Å². The Labute approximate surface area is 123 Å².